The first-order valence-corrected chi connectivity index (χ1v) is 11.2. The highest BCUT2D eigenvalue weighted by Gasteiger charge is 2.20. The molecule has 0 unspecified atom stereocenters. The van der Waals surface area contributed by atoms with Crippen LogP contribution in [0.1, 0.15) is 16.0 Å². The molecule has 1 N–H and O–H groups in total. The van der Waals surface area contributed by atoms with Gasteiger partial charge in [0.1, 0.15) is 0 Å². The summed E-state index contributed by atoms with van der Waals surface area (Å²) in [5.41, 5.74) is 3.69. The molecule has 0 atom stereocenters. The Labute approximate surface area is 163 Å². The van der Waals surface area contributed by atoms with E-state index in [0.717, 1.165) is 30.8 Å². The fourth-order valence-electron chi connectivity index (χ4n) is 3.21. The number of hydrogen-bond acceptors (Lipinski definition) is 4. The summed E-state index contributed by atoms with van der Waals surface area (Å²) in [6.07, 6.45) is 2.59. The Morgan fingerprint density at radius 2 is 1.78 bits per heavy atom. The molecule has 0 fully saturated rings. The minimum atomic E-state index is -3.60. The quantitative estimate of drug-likeness (QED) is 0.679. The van der Waals surface area contributed by atoms with Crippen LogP contribution in [0.25, 0.3) is 6.08 Å². The van der Waals surface area contributed by atoms with E-state index < -0.39 is 10.0 Å². The standard InChI is InChI=1S/C21H20N2O2S2/c24-27(25,15-12-17-6-2-1-3-7-17)22-19-8-4-5-9-20(19)23-13-10-21-18(16-23)11-14-26-21/h1-9,11-12,14-15,22H,10,13,16H2. The highest BCUT2D eigenvalue weighted by molar-refractivity contribution is 7.95. The van der Waals surface area contributed by atoms with Crippen LogP contribution in [0.5, 0.6) is 0 Å². The van der Waals surface area contributed by atoms with Crippen LogP contribution < -0.4 is 9.62 Å². The van der Waals surface area contributed by atoms with Gasteiger partial charge in [-0.05, 0) is 47.2 Å². The van der Waals surface area contributed by atoms with Gasteiger partial charge in [0.25, 0.3) is 10.0 Å². The van der Waals surface area contributed by atoms with Crippen molar-refractivity contribution in [2.75, 3.05) is 16.2 Å². The molecule has 0 bridgehead atoms. The summed E-state index contributed by atoms with van der Waals surface area (Å²) in [4.78, 5) is 3.66. The molecule has 0 saturated heterocycles. The van der Waals surface area contributed by atoms with Crippen LogP contribution in [-0.4, -0.2) is 15.0 Å². The maximum atomic E-state index is 12.6. The predicted molar refractivity (Wildman–Crippen MR) is 114 cm³/mol. The summed E-state index contributed by atoms with van der Waals surface area (Å²) in [6, 6.07) is 19.1. The van der Waals surface area contributed by atoms with Gasteiger partial charge in [-0.1, -0.05) is 42.5 Å². The van der Waals surface area contributed by atoms with Gasteiger partial charge in [0, 0.05) is 18.0 Å². The van der Waals surface area contributed by atoms with Crippen molar-refractivity contribution in [3.63, 3.8) is 0 Å². The third kappa shape index (κ3) is 4.23. The number of para-hydroxylation sites is 2. The van der Waals surface area contributed by atoms with E-state index in [0.29, 0.717) is 5.69 Å². The van der Waals surface area contributed by atoms with Crippen molar-refractivity contribution < 1.29 is 8.42 Å². The second kappa shape index (κ2) is 7.58. The van der Waals surface area contributed by atoms with Gasteiger partial charge in [-0.3, -0.25) is 4.72 Å². The highest BCUT2D eigenvalue weighted by Crippen LogP contribution is 2.32. The van der Waals surface area contributed by atoms with Crippen molar-refractivity contribution >= 4 is 38.8 Å². The molecule has 0 amide bonds. The lowest BCUT2D eigenvalue weighted by molar-refractivity contribution is 0.609. The molecular formula is C21H20N2O2S2. The average Bonchev–Trinajstić information content (AvgIpc) is 3.15. The van der Waals surface area contributed by atoms with Crippen molar-refractivity contribution in [1.29, 1.82) is 0 Å². The van der Waals surface area contributed by atoms with Gasteiger partial charge in [-0.2, -0.15) is 0 Å². The highest BCUT2D eigenvalue weighted by atomic mass is 32.2. The largest absolute Gasteiger partial charge is 0.365 e. The zero-order valence-corrected chi connectivity index (χ0v) is 16.3. The molecular weight excluding hydrogens is 376 g/mol. The van der Waals surface area contributed by atoms with Crippen LogP contribution >= 0.6 is 11.3 Å². The van der Waals surface area contributed by atoms with Crippen molar-refractivity contribution in [3.05, 3.63) is 87.5 Å². The molecule has 0 spiro atoms. The molecule has 27 heavy (non-hydrogen) atoms. The molecule has 0 saturated carbocycles. The van der Waals surface area contributed by atoms with Crippen molar-refractivity contribution in [2.24, 2.45) is 0 Å². The maximum absolute atomic E-state index is 12.6. The molecule has 1 aliphatic rings. The first-order valence-electron chi connectivity index (χ1n) is 8.76. The Morgan fingerprint density at radius 3 is 2.63 bits per heavy atom. The molecule has 1 aromatic heterocycles. The van der Waals surface area contributed by atoms with E-state index in [1.165, 1.54) is 15.8 Å². The summed E-state index contributed by atoms with van der Waals surface area (Å²) in [7, 11) is -3.60. The minimum absolute atomic E-state index is 0.605. The number of rotatable bonds is 5. The first-order chi connectivity index (χ1) is 13.1. The second-order valence-corrected chi connectivity index (χ2v) is 8.99. The van der Waals surface area contributed by atoms with Gasteiger partial charge in [0.2, 0.25) is 0 Å². The average molecular weight is 397 g/mol. The van der Waals surface area contributed by atoms with Gasteiger partial charge in [-0.15, -0.1) is 11.3 Å². The number of anilines is 2. The fourth-order valence-corrected chi connectivity index (χ4v) is 4.98. The van der Waals surface area contributed by atoms with Crippen LogP contribution in [0, 0.1) is 0 Å². The van der Waals surface area contributed by atoms with E-state index in [-0.39, 0.29) is 0 Å². The molecule has 0 aliphatic carbocycles. The summed E-state index contributed by atoms with van der Waals surface area (Å²) in [5, 5.41) is 3.34. The van der Waals surface area contributed by atoms with E-state index in [1.807, 2.05) is 54.6 Å². The SMILES string of the molecule is O=S(=O)(C=Cc1ccccc1)Nc1ccccc1N1CCc2sccc2C1. The monoisotopic (exact) mass is 396 g/mol. The van der Waals surface area contributed by atoms with E-state index >= 15 is 0 Å². The lowest BCUT2D eigenvalue weighted by Crippen LogP contribution is -2.30. The number of hydrogen-bond donors (Lipinski definition) is 1. The lowest BCUT2D eigenvalue weighted by Gasteiger charge is -2.30. The smallest absolute Gasteiger partial charge is 0.255 e. The van der Waals surface area contributed by atoms with Crippen LogP contribution in [0.3, 0.4) is 0 Å². The fraction of sp³-hybridized carbons (Fsp3) is 0.143. The zero-order chi connectivity index (χ0) is 18.7. The zero-order valence-electron chi connectivity index (χ0n) is 14.7. The molecule has 4 rings (SSSR count). The van der Waals surface area contributed by atoms with Gasteiger partial charge in [0.05, 0.1) is 16.8 Å². The molecule has 6 heteroatoms. The van der Waals surface area contributed by atoms with Crippen molar-refractivity contribution in [1.82, 2.24) is 0 Å². The Hall–Kier alpha value is -2.57. The Bertz CT molecular complexity index is 1060. The van der Waals surface area contributed by atoms with E-state index in [4.69, 9.17) is 0 Å². The number of fused-ring (bicyclic) bond motifs is 1. The molecule has 2 heterocycles. The number of sulfonamides is 1. The minimum Gasteiger partial charge on any atom is -0.365 e. The molecule has 3 aromatic rings. The molecule has 2 aromatic carbocycles. The predicted octanol–water partition coefficient (Wildman–Crippen LogP) is 4.72. The van der Waals surface area contributed by atoms with Crippen LogP contribution in [0.15, 0.2) is 71.5 Å². The molecule has 4 nitrogen and oxygen atoms in total. The maximum Gasteiger partial charge on any atom is 0.255 e. The van der Waals surface area contributed by atoms with Gasteiger partial charge in [-0.25, -0.2) is 8.42 Å². The summed E-state index contributed by atoms with van der Waals surface area (Å²) in [6.45, 7) is 1.68. The van der Waals surface area contributed by atoms with E-state index in [1.54, 1.807) is 17.4 Å². The Morgan fingerprint density at radius 1 is 1.00 bits per heavy atom. The second-order valence-electron chi connectivity index (χ2n) is 6.42. The molecule has 1 aliphatic heterocycles. The van der Waals surface area contributed by atoms with Crippen molar-refractivity contribution in [2.45, 2.75) is 13.0 Å². The number of thiophene rings is 1. The lowest BCUT2D eigenvalue weighted by atomic mass is 10.1. The Kier molecular flexibility index (Phi) is 5.01. The normalized spacial score (nSPS) is 14.3. The van der Waals surface area contributed by atoms with Gasteiger partial charge in [0.15, 0.2) is 0 Å². The van der Waals surface area contributed by atoms with Crippen LogP contribution in [0.2, 0.25) is 0 Å². The summed E-state index contributed by atoms with van der Waals surface area (Å²) >= 11 is 1.79. The number of nitrogens with zero attached hydrogens (tertiary/aromatic N) is 1. The van der Waals surface area contributed by atoms with Crippen LogP contribution in [0.4, 0.5) is 11.4 Å². The number of nitrogens with one attached hydrogen (secondary N) is 1. The van der Waals surface area contributed by atoms with Crippen LogP contribution in [-0.2, 0) is 23.0 Å². The third-order valence-electron chi connectivity index (χ3n) is 4.54. The Balaban J connectivity index is 1.56. The van der Waals surface area contributed by atoms with Gasteiger partial charge >= 0.3 is 0 Å². The molecule has 138 valence electrons. The first kappa shape index (κ1) is 17.8. The van der Waals surface area contributed by atoms with Crippen molar-refractivity contribution in [3.8, 4) is 0 Å². The van der Waals surface area contributed by atoms with Gasteiger partial charge < -0.3 is 4.90 Å². The topological polar surface area (TPSA) is 49.4 Å². The molecule has 0 radical (unpaired) electrons. The summed E-state index contributed by atoms with van der Waals surface area (Å²) < 4.78 is 27.8. The van der Waals surface area contributed by atoms with E-state index in [9.17, 15) is 8.42 Å². The van der Waals surface area contributed by atoms with E-state index in [2.05, 4.69) is 21.1 Å². The summed E-state index contributed by atoms with van der Waals surface area (Å²) in [5.74, 6) is 0. The third-order valence-corrected chi connectivity index (χ3v) is 6.57. The number of benzene rings is 2.